The van der Waals surface area contributed by atoms with Crippen LogP contribution >= 0.6 is 0 Å². The Bertz CT molecular complexity index is 452. The lowest BCUT2D eigenvalue weighted by atomic mass is 10.0. The minimum atomic E-state index is 0.340. The summed E-state index contributed by atoms with van der Waals surface area (Å²) in [7, 11) is 4.46. The number of nitrogens with zero attached hydrogens (tertiary/aromatic N) is 2. The molecular formula is C18H29N3. The first-order valence-corrected chi connectivity index (χ1v) is 8.39. The average Bonchev–Trinajstić information content (AvgIpc) is 3.26. The Kier molecular flexibility index (Phi) is 4.63. The van der Waals surface area contributed by atoms with E-state index in [-0.39, 0.29) is 0 Å². The van der Waals surface area contributed by atoms with Crippen molar-refractivity contribution >= 4 is 0 Å². The molecule has 1 heterocycles. The van der Waals surface area contributed by atoms with Crippen LogP contribution in [0, 0.1) is 0 Å². The van der Waals surface area contributed by atoms with Crippen LogP contribution in [0.1, 0.15) is 48.8 Å². The van der Waals surface area contributed by atoms with Crippen LogP contribution in [0.2, 0.25) is 0 Å². The van der Waals surface area contributed by atoms with E-state index in [1.54, 1.807) is 0 Å². The summed E-state index contributed by atoms with van der Waals surface area (Å²) in [6.07, 6.45) is 5.39. The van der Waals surface area contributed by atoms with Gasteiger partial charge in [-0.2, -0.15) is 0 Å². The minimum Gasteiger partial charge on any atom is -0.329 e. The number of nitrogens with two attached hydrogens (primary N) is 1. The highest BCUT2D eigenvalue weighted by atomic mass is 15.2. The molecule has 3 rings (SSSR count). The van der Waals surface area contributed by atoms with Crippen molar-refractivity contribution < 1.29 is 0 Å². The molecule has 2 fully saturated rings. The van der Waals surface area contributed by atoms with Gasteiger partial charge < -0.3 is 10.6 Å². The molecule has 2 N–H and O–H groups in total. The molecule has 1 saturated carbocycles. The molecule has 116 valence electrons. The monoisotopic (exact) mass is 287 g/mol. The van der Waals surface area contributed by atoms with Crippen LogP contribution in [0.3, 0.4) is 0 Å². The van der Waals surface area contributed by atoms with Crippen molar-refractivity contribution in [3.05, 3.63) is 35.4 Å². The predicted octanol–water partition coefficient (Wildman–Crippen LogP) is 2.59. The summed E-state index contributed by atoms with van der Waals surface area (Å²) in [4.78, 5) is 4.93. The van der Waals surface area contributed by atoms with E-state index in [1.165, 1.54) is 43.4 Å². The highest BCUT2D eigenvalue weighted by Crippen LogP contribution is 2.40. The van der Waals surface area contributed by atoms with Crippen LogP contribution in [-0.2, 0) is 0 Å². The molecule has 3 nitrogen and oxygen atoms in total. The van der Waals surface area contributed by atoms with Gasteiger partial charge in [0.25, 0.3) is 0 Å². The van der Waals surface area contributed by atoms with Gasteiger partial charge in [0.1, 0.15) is 0 Å². The van der Waals surface area contributed by atoms with E-state index in [2.05, 4.69) is 48.2 Å². The van der Waals surface area contributed by atoms with Gasteiger partial charge in [0, 0.05) is 25.2 Å². The van der Waals surface area contributed by atoms with Gasteiger partial charge >= 0.3 is 0 Å². The summed E-state index contributed by atoms with van der Waals surface area (Å²) in [5.74, 6) is 0.834. The maximum absolute atomic E-state index is 6.07. The lowest BCUT2D eigenvalue weighted by Crippen LogP contribution is -2.40. The molecule has 1 aliphatic carbocycles. The maximum atomic E-state index is 6.07. The average molecular weight is 287 g/mol. The van der Waals surface area contributed by atoms with Gasteiger partial charge in [-0.25, -0.2) is 0 Å². The van der Waals surface area contributed by atoms with E-state index in [9.17, 15) is 0 Å². The third kappa shape index (κ3) is 3.47. The number of benzene rings is 1. The Morgan fingerprint density at radius 3 is 2.48 bits per heavy atom. The standard InChI is InChI=1S/C18H29N3/c1-20-11-3-4-17(20)13-21(2)18(12-19)16-9-7-15(8-10-16)14-5-6-14/h7-10,14,17-18H,3-6,11-13,19H2,1-2H3. The molecule has 2 atom stereocenters. The summed E-state index contributed by atoms with van der Waals surface area (Å²) in [5.41, 5.74) is 8.94. The Balaban J connectivity index is 1.65. The zero-order valence-corrected chi connectivity index (χ0v) is 13.5. The molecule has 21 heavy (non-hydrogen) atoms. The second-order valence-corrected chi connectivity index (χ2v) is 6.91. The van der Waals surface area contributed by atoms with Crippen molar-refractivity contribution in [2.45, 2.75) is 43.7 Å². The summed E-state index contributed by atoms with van der Waals surface area (Å²) in [5, 5.41) is 0. The number of likely N-dealkylation sites (tertiary alicyclic amines) is 1. The molecule has 0 amide bonds. The van der Waals surface area contributed by atoms with Crippen molar-refractivity contribution in [1.82, 2.24) is 9.80 Å². The fourth-order valence-electron chi connectivity index (χ4n) is 3.65. The molecule has 1 aromatic carbocycles. The van der Waals surface area contributed by atoms with E-state index in [4.69, 9.17) is 5.73 Å². The van der Waals surface area contributed by atoms with Gasteiger partial charge in [-0.15, -0.1) is 0 Å². The maximum Gasteiger partial charge on any atom is 0.0468 e. The summed E-state index contributed by atoms with van der Waals surface area (Å²) in [6.45, 7) is 3.04. The zero-order chi connectivity index (χ0) is 14.8. The van der Waals surface area contributed by atoms with Crippen LogP contribution in [0.25, 0.3) is 0 Å². The molecule has 1 aromatic rings. The first-order chi connectivity index (χ1) is 10.2. The molecule has 1 saturated heterocycles. The third-order valence-electron chi connectivity index (χ3n) is 5.30. The molecule has 3 heteroatoms. The second-order valence-electron chi connectivity index (χ2n) is 6.91. The number of hydrogen-bond acceptors (Lipinski definition) is 3. The van der Waals surface area contributed by atoms with Gasteiger partial charge in [-0.3, -0.25) is 4.90 Å². The van der Waals surface area contributed by atoms with E-state index in [1.807, 2.05) is 0 Å². The number of rotatable bonds is 6. The van der Waals surface area contributed by atoms with Gasteiger partial charge in [0.05, 0.1) is 0 Å². The zero-order valence-electron chi connectivity index (χ0n) is 13.5. The molecule has 2 aliphatic rings. The van der Waals surface area contributed by atoms with Crippen molar-refractivity contribution in [2.24, 2.45) is 5.73 Å². The lowest BCUT2D eigenvalue weighted by molar-refractivity contribution is 0.179. The second kappa shape index (κ2) is 6.47. The molecular weight excluding hydrogens is 258 g/mol. The molecule has 1 aliphatic heterocycles. The summed E-state index contributed by atoms with van der Waals surface area (Å²) >= 11 is 0. The highest BCUT2D eigenvalue weighted by Gasteiger charge is 2.26. The molecule has 0 bridgehead atoms. The van der Waals surface area contributed by atoms with Crippen LogP contribution in [0.4, 0.5) is 0 Å². The van der Waals surface area contributed by atoms with E-state index < -0.39 is 0 Å². The fourth-order valence-corrected chi connectivity index (χ4v) is 3.65. The fraction of sp³-hybridized carbons (Fsp3) is 0.667. The topological polar surface area (TPSA) is 32.5 Å². The van der Waals surface area contributed by atoms with E-state index in [0.29, 0.717) is 18.6 Å². The smallest absolute Gasteiger partial charge is 0.0468 e. The van der Waals surface area contributed by atoms with Crippen molar-refractivity contribution in [1.29, 1.82) is 0 Å². The summed E-state index contributed by atoms with van der Waals surface area (Å²) < 4.78 is 0. The first kappa shape index (κ1) is 15.0. The SMILES string of the molecule is CN1CCCC1CN(C)C(CN)c1ccc(C2CC2)cc1. The lowest BCUT2D eigenvalue weighted by Gasteiger charge is -2.32. The molecule has 2 unspecified atom stereocenters. The van der Waals surface area contributed by atoms with Gasteiger partial charge in [0.2, 0.25) is 0 Å². The van der Waals surface area contributed by atoms with Crippen LogP contribution in [0.5, 0.6) is 0 Å². The third-order valence-corrected chi connectivity index (χ3v) is 5.30. The minimum absolute atomic E-state index is 0.340. The Morgan fingerprint density at radius 1 is 1.24 bits per heavy atom. The van der Waals surface area contributed by atoms with Crippen LogP contribution in [0.15, 0.2) is 24.3 Å². The molecule has 0 aromatic heterocycles. The molecule has 0 radical (unpaired) electrons. The number of hydrogen-bond donors (Lipinski definition) is 1. The summed E-state index contributed by atoms with van der Waals surface area (Å²) in [6, 6.07) is 10.2. The highest BCUT2D eigenvalue weighted by molar-refractivity contribution is 5.30. The van der Waals surface area contributed by atoms with Crippen LogP contribution < -0.4 is 5.73 Å². The Labute approximate surface area is 129 Å². The van der Waals surface area contributed by atoms with Crippen molar-refractivity contribution in [3.8, 4) is 0 Å². The Hall–Kier alpha value is -0.900. The predicted molar refractivity (Wildman–Crippen MR) is 88.5 cm³/mol. The van der Waals surface area contributed by atoms with E-state index >= 15 is 0 Å². The normalized spacial score (nSPS) is 24.7. The van der Waals surface area contributed by atoms with Gasteiger partial charge in [0.15, 0.2) is 0 Å². The van der Waals surface area contributed by atoms with E-state index in [0.717, 1.165) is 12.5 Å². The van der Waals surface area contributed by atoms with Crippen molar-refractivity contribution in [2.75, 3.05) is 33.7 Å². The first-order valence-electron chi connectivity index (χ1n) is 8.39. The quantitative estimate of drug-likeness (QED) is 0.873. The van der Waals surface area contributed by atoms with Gasteiger partial charge in [-0.05, 0) is 63.4 Å². The number of likely N-dealkylation sites (N-methyl/N-ethyl adjacent to an activating group) is 2. The van der Waals surface area contributed by atoms with Crippen molar-refractivity contribution in [3.63, 3.8) is 0 Å². The molecule has 0 spiro atoms. The van der Waals surface area contributed by atoms with Crippen LogP contribution in [-0.4, -0.2) is 49.6 Å². The largest absolute Gasteiger partial charge is 0.329 e. The Morgan fingerprint density at radius 2 is 1.95 bits per heavy atom. The van der Waals surface area contributed by atoms with Gasteiger partial charge in [-0.1, -0.05) is 24.3 Å².